The van der Waals surface area contributed by atoms with Crippen molar-refractivity contribution in [2.75, 3.05) is 5.75 Å². The lowest BCUT2D eigenvalue weighted by atomic mass is 10.1. The predicted octanol–water partition coefficient (Wildman–Crippen LogP) is 4.94. The van der Waals surface area contributed by atoms with E-state index in [1.807, 2.05) is 46.5 Å². The first-order valence-electron chi connectivity index (χ1n) is 9.58. The minimum Gasteiger partial charge on any atom is -0.342 e. The van der Waals surface area contributed by atoms with Gasteiger partial charge >= 0.3 is 0 Å². The summed E-state index contributed by atoms with van der Waals surface area (Å²) in [4.78, 5) is 21.6. The third-order valence-corrected chi connectivity index (χ3v) is 6.37. The minimum atomic E-state index is -0.251. The van der Waals surface area contributed by atoms with Crippen molar-refractivity contribution in [3.63, 3.8) is 0 Å². The van der Waals surface area contributed by atoms with E-state index >= 15 is 0 Å². The SMILES string of the molecule is Cc1cc(C)cc(-n2ccnc2SCC(=O)NC(c2ccccc2)c2nccs2)c1. The monoisotopic (exact) mass is 434 g/mol. The van der Waals surface area contributed by atoms with Gasteiger partial charge in [-0.3, -0.25) is 9.36 Å². The highest BCUT2D eigenvalue weighted by atomic mass is 32.2. The average molecular weight is 435 g/mol. The second-order valence-corrected chi connectivity index (χ2v) is 8.86. The maximum Gasteiger partial charge on any atom is 0.231 e. The topological polar surface area (TPSA) is 59.8 Å². The van der Waals surface area contributed by atoms with Gasteiger partial charge in [-0.25, -0.2) is 9.97 Å². The fourth-order valence-electron chi connectivity index (χ4n) is 3.33. The van der Waals surface area contributed by atoms with Crippen LogP contribution in [0, 0.1) is 13.8 Å². The summed E-state index contributed by atoms with van der Waals surface area (Å²) in [6.45, 7) is 4.16. The lowest BCUT2D eigenvalue weighted by Crippen LogP contribution is -2.30. The predicted molar refractivity (Wildman–Crippen MR) is 122 cm³/mol. The number of carbonyl (C=O) groups excluding carboxylic acids is 1. The highest BCUT2D eigenvalue weighted by molar-refractivity contribution is 7.99. The van der Waals surface area contributed by atoms with E-state index in [1.54, 1.807) is 12.4 Å². The molecule has 5 nitrogen and oxygen atoms in total. The van der Waals surface area contributed by atoms with Crippen molar-refractivity contribution in [3.05, 3.63) is 94.2 Å². The van der Waals surface area contributed by atoms with E-state index in [4.69, 9.17) is 0 Å². The molecule has 2 aromatic heterocycles. The summed E-state index contributed by atoms with van der Waals surface area (Å²) >= 11 is 2.96. The lowest BCUT2D eigenvalue weighted by Gasteiger charge is -2.17. The zero-order valence-electron chi connectivity index (χ0n) is 16.8. The molecule has 0 aliphatic rings. The number of carbonyl (C=O) groups is 1. The van der Waals surface area contributed by atoms with Crippen LogP contribution in [0.25, 0.3) is 5.69 Å². The van der Waals surface area contributed by atoms with Crippen LogP contribution in [0.15, 0.2) is 77.7 Å². The number of nitrogens with zero attached hydrogens (tertiary/aromatic N) is 3. The number of imidazole rings is 1. The number of hydrogen-bond acceptors (Lipinski definition) is 5. The first-order valence-corrected chi connectivity index (χ1v) is 11.5. The quantitative estimate of drug-likeness (QED) is 0.419. The molecule has 1 atom stereocenters. The largest absolute Gasteiger partial charge is 0.342 e. The summed E-state index contributed by atoms with van der Waals surface area (Å²) in [5, 5.41) is 6.71. The molecular weight excluding hydrogens is 412 g/mol. The molecular formula is C23H22N4OS2. The van der Waals surface area contributed by atoms with E-state index in [2.05, 4.69) is 47.3 Å². The number of aromatic nitrogens is 3. The average Bonchev–Trinajstić information content (AvgIpc) is 3.42. The molecule has 4 aromatic rings. The molecule has 0 aliphatic heterocycles. The van der Waals surface area contributed by atoms with E-state index in [0.29, 0.717) is 0 Å². The standard InChI is InChI=1S/C23H22N4OS2/c1-16-12-17(2)14-19(13-16)27-10-8-25-23(27)30-15-20(28)26-21(22-24-9-11-29-22)18-6-4-3-5-7-18/h3-14,21H,15H2,1-2H3,(H,26,28). The fraction of sp³-hybridized carbons (Fsp3) is 0.174. The Hall–Kier alpha value is -2.90. The smallest absolute Gasteiger partial charge is 0.231 e. The molecule has 30 heavy (non-hydrogen) atoms. The number of amides is 1. The molecule has 0 bridgehead atoms. The van der Waals surface area contributed by atoms with Crippen LogP contribution in [0.1, 0.15) is 27.7 Å². The van der Waals surface area contributed by atoms with Gasteiger partial charge in [0.05, 0.1) is 5.75 Å². The van der Waals surface area contributed by atoms with E-state index in [-0.39, 0.29) is 17.7 Å². The van der Waals surface area contributed by atoms with Crippen LogP contribution in [0.2, 0.25) is 0 Å². The van der Waals surface area contributed by atoms with Gasteiger partial charge in [-0.05, 0) is 42.7 Å². The summed E-state index contributed by atoms with van der Waals surface area (Å²) in [7, 11) is 0. The molecule has 152 valence electrons. The Morgan fingerprint density at radius 1 is 1.10 bits per heavy atom. The molecule has 0 saturated heterocycles. The third kappa shape index (κ3) is 4.80. The van der Waals surface area contributed by atoms with Crippen LogP contribution in [0.5, 0.6) is 0 Å². The van der Waals surface area contributed by atoms with Gasteiger partial charge in [0.2, 0.25) is 5.91 Å². The first-order chi connectivity index (χ1) is 14.6. The third-order valence-electron chi connectivity index (χ3n) is 4.56. The van der Waals surface area contributed by atoms with Crippen molar-refractivity contribution < 1.29 is 4.79 Å². The van der Waals surface area contributed by atoms with E-state index in [0.717, 1.165) is 21.4 Å². The summed E-state index contributed by atoms with van der Waals surface area (Å²) in [6, 6.07) is 16.0. The van der Waals surface area contributed by atoms with Gasteiger partial charge in [0.15, 0.2) is 5.16 Å². The number of hydrogen-bond donors (Lipinski definition) is 1. The zero-order valence-corrected chi connectivity index (χ0v) is 18.4. The van der Waals surface area contributed by atoms with E-state index < -0.39 is 0 Å². The van der Waals surface area contributed by atoms with Crippen molar-refractivity contribution in [3.8, 4) is 5.69 Å². The minimum absolute atomic E-state index is 0.0565. The molecule has 1 N–H and O–H groups in total. The summed E-state index contributed by atoms with van der Waals surface area (Å²) in [5.74, 6) is 0.218. The van der Waals surface area contributed by atoms with Gasteiger partial charge in [-0.15, -0.1) is 11.3 Å². The normalized spacial score (nSPS) is 11.9. The van der Waals surface area contributed by atoms with Crippen LogP contribution in [-0.4, -0.2) is 26.2 Å². The number of thioether (sulfide) groups is 1. The molecule has 0 saturated carbocycles. The van der Waals surface area contributed by atoms with Gasteiger partial charge in [0, 0.05) is 29.7 Å². The Bertz CT molecular complexity index is 1100. The van der Waals surface area contributed by atoms with E-state index in [1.165, 1.54) is 34.2 Å². The van der Waals surface area contributed by atoms with Crippen molar-refractivity contribution in [2.45, 2.75) is 25.0 Å². The van der Waals surface area contributed by atoms with Crippen molar-refractivity contribution >= 4 is 29.0 Å². The molecule has 0 fully saturated rings. The van der Waals surface area contributed by atoms with Gasteiger partial charge in [0.25, 0.3) is 0 Å². The molecule has 1 amide bonds. The van der Waals surface area contributed by atoms with Crippen molar-refractivity contribution in [1.29, 1.82) is 0 Å². The summed E-state index contributed by atoms with van der Waals surface area (Å²) < 4.78 is 2.02. The molecule has 0 aliphatic carbocycles. The summed E-state index contributed by atoms with van der Waals surface area (Å²) in [6.07, 6.45) is 5.45. The molecule has 0 radical (unpaired) electrons. The van der Waals surface area contributed by atoms with Crippen molar-refractivity contribution in [1.82, 2.24) is 19.9 Å². The molecule has 2 aromatic carbocycles. The fourth-order valence-corrected chi connectivity index (χ4v) is 4.82. The maximum atomic E-state index is 12.8. The maximum absolute atomic E-state index is 12.8. The molecule has 7 heteroatoms. The highest BCUT2D eigenvalue weighted by Crippen LogP contribution is 2.25. The van der Waals surface area contributed by atoms with Gasteiger partial charge in [-0.2, -0.15) is 0 Å². The number of thiazole rings is 1. The second kappa shape index (κ2) is 9.28. The van der Waals surface area contributed by atoms with Crippen LogP contribution in [0.3, 0.4) is 0 Å². The molecule has 1 unspecified atom stereocenters. The Morgan fingerprint density at radius 3 is 2.57 bits per heavy atom. The number of benzene rings is 2. The number of rotatable bonds is 7. The number of aryl methyl sites for hydroxylation is 2. The molecule has 4 rings (SSSR count). The van der Waals surface area contributed by atoms with Crippen LogP contribution < -0.4 is 5.32 Å². The molecule has 2 heterocycles. The van der Waals surface area contributed by atoms with Crippen molar-refractivity contribution in [2.24, 2.45) is 0 Å². The lowest BCUT2D eigenvalue weighted by molar-refractivity contribution is -0.119. The van der Waals surface area contributed by atoms with Crippen LogP contribution in [-0.2, 0) is 4.79 Å². The Labute approximate surface area is 184 Å². The van der Waals surface area contributed by atoms with Crippen LogP contribution >= 0.6 is 23.1 Å². The van der Waals surface area contributed by atoms with Gasteiger partial charge in [0.1, 0.15) is 11.0 Å². The van der Waals surface area contributed by atoms with Gasteiger partial charge < -0.3 is 5.32 Å². The Morgan fingerprint density at radius 2 is 1.87 bits per heavy atom. The van der Waals surface area contributed by atoms with Crippen LogP contribution in [0.4, 0.5) is 0 Å². The second-order valence-electron chi connectivity index (χ2n) is 7.00. The highest BCUT2D eigenvalue weighted by Gasteiger charge is 2.19. The van der Waals surface area contributed by atoms with E-state index in [9.17, 15) is 4.79 Å². The zero-order chi connectivity index (χ0) is 20.9. The molecule has 0 spiro atoms. The first kappa shape index (κ1) is 20.4. The number of nitrogens with one attached hydrogen (secondary N) is 1. The Kier molecular flexibility index (Phi) is 6.30. The Balaban J connectivity index is 1.47. The summed E-state index contributed by atoms with van der Waals surface area (Å²) in [5.41, 5.74) is 4.46. The van der Waals surface area contributed by atoms with Gasteiger partial charge in [-0.1, -0.05) is 48.2 Å².